The molecule has 0 saturated heterocycles. The summed E-state index contributed by atoms with van der Waals surface area (Å²) in [5.74, 6) is -0.197. The molecule has 0 saturated carbocycles. The number of allylic oxidation sites excluding steroid dienone is 2. The van der Waals surface area contributed by atoms with Crippen molar-refractivity contribution in [2.75, 3.05) is 19.8 Å². The largest absolute Gasteiger partial charge is 0.463 e. The number of esters is 1. The van der Waals surface area contributed by atoms with Gasteiger partial charge in [0, 0.05) is 6.42 Å². The molecule has 0 aromatic heterocycles. The van der Waals surface area contributed by atoms with Gasteiger partial charge in [0.1, 0.15) is 12.7 Å². The fourth-order valence-electron chi connectivity index (χ4n) is 4.90. The first-order valence-electron chi connectivity index (χ1n) is 16.9. The van der Waals surface area contributed by atoms with E-state index in [1.165, 1.54) is 141 Å². The Bertz CT molecular complexity index is 531. The van der Waals surface area contributed by atoms with E-state index in [9.17, 15) is 9.90 Å². The number of ether oxygens (including phenoxy) is 2. The van der Waals surface area contributed by atoms with Crippen LogP contribution in [0.3, 0.4) is 0 Å². The molecule has 230 valence electrons. The molecular weight excluding hydrogens is 484 g/mol. The van der Waals surface area contributed by atoms with Gasteiger partial charge in [0.2, 0.25) is 0 Å². The normalized spacial score (nSPS) is 12.3. The predicted molar refractivity (Wildman–Crippen MR) is 168 cm³/mol. The van der Waals surface area contributed by atoms with Crippen molar-refractivity contribution in [3.05, 3.63) is 24.8 Å². The number of unbranched alkanes of at least 4 members (excludes halogenated alkanes) is 22. The Labute approximate surface area is 243 Å². The summed E-state index contributed by atoms with van der Waals surface area (Å²) in [6.45, 7) is 6.16. The standard InChI is InChI=1S/C35H66O4/c1-3-5-6-7-8-9-10-11-12-13-14-15-16-17-18-19-20-21-22-23-24-25-26-27-28-29-30-35(37)39-33-34(32-36)38-31-4-2/h4,10-11,34,36H,2-3,5-9,12-33H2,1H3/b11-10+/t34-/m1/s1. The van der Waals surface area contributed by atoms with E-state index < -0.39 is 6.10 Å². The maximum Gasteiger partial charge on any atom is 0.305 e. The second-order valence-corrected chi connectivity index (χ2v) is 11.3. The fourth-order valence-corrected chi connectivity index (χ4v) is 4.90. The molecule has 0 radical (unpaired) electrons. The molecule has 4 heteroatoms. The quantitative estimate of drug-likeness (QED) is 0.0514. The number of carbonyl (C=O) groups is 1. The maximum atomic E-state index is 11.8. The van der Waals surface area contributed by atoms with E-state index in [-0.39, 0.29) is 19.2 Å². The highest BCUT2D eigenvalue weighted by molar-refractivity contribution is 5.69. The molecule has 0 bridgehead atoms. The van der Waals surface area contributed by atoms with Crippen LogP contribution in [0.4, 0.5) is 0 Å². The van der Waals surface area contributed by atoms with Gasteiger partial charge in [-0.25, -0.2) is 0 Å². The van der Waals surface area contributed by atoms with E-state index >= 15 is 0 Å². The molecule has 0 fully saturated rings. The number of rotatable bonds is 32. The maximum absolute atomic E-state index is 11.8. The van der Waals surface area contributed by atoms with Gasteiger partial charge >= 0.3 is 5.97 Å². The minimum absolute atomic E-state index is 0.112. The molecule has 0 unspecified atom stereocenters. The van der Waals surface area contributed by atoms with Gasteiger partial charge in [-0.3, -0.25) is 4.79 Å². The topological polar surface area (TPSA) is 55.8 Å². The molecular formula is C35H66O4. The monoisotopic (exact) mass is 550 g/mol. The molecule has 0 heterocycles. The van der Waals surface area contributed by atoms with Gasteiger partial charge in [-0.15, -0.1) is 6.58 Å². The minimum atomic E-state index is -0.459. The molecule has 4 nitrogen and oxygen atoms in total. The molecule has 0 rings (SSSR count). The van der Waals surface area contributed by atoms with Crippen LogP contribution in [-0.4, -0.2) is 37.0 Å². The third-order valence-electron chi connectivity index (χ3n) is 7.48. The summed E-state index contributed by atoms with van der Waals surface area (Å²) >= 11 is 0. The van der Waals surface area contributed by atoms with E-state index in [4.69, 9.17) is 9.47 Å². The molecule has 1 N–H and O–H groups in total. The summed E-state index contributed by atoms with van der Waals surface area (Å²) in [5, 5.41) is 9.19. The van der Waals surface area contributed by atoms with Crippen molar-refractivity contribution in [2.45, 2.75) is 174 Å². The second kappa shape index (κ2) is 33.1. The zero-order valence-corrected chi connectivity index (χ0v) is 26.0. The van der Waals surface area contributed by atoms with Gasteiger partial charge in [0.25, 0.3) is 0 Å². The van der Waals surface area contributed by atoms with Crippen LogP contribution in [0.25, 0.3) is 0 Å². The Hall–Kier alpha value is -1.13. The van der Waals surface area contributed by atoms with Crippen LogP contribution in [-0.2, 0) is 14.3 Å². The zero-order valence-electron chi connectivity index (χ0n) is 26.0. The molecule has 0 amide bonds. The first kappa shape index (κ1) is 37.9. The summed E-state index contributed by atoms with van der Waals surface area (Å²) < 4.78 is 10.5. The molecule has 1 atom stereocenters. The number of aliphatic hydroxyl groups is 1. The van der Waals surface area contributed by atoms with Gasteiger partial charge in [0.05, 0.1) is 13.2 Å². The van der Waals surface area contributed by atoms with Crippen molar-refractivity contribution in [1.29, 1.82) is 0 Å². The Morgan fingerprint density at radius 1 is 0.667 bits per heavy atom. The molecule has 0 aliphatic carbocycles. The Kier molecular flexibility index (Phi) is 32.1. The van der Waals surface area contributed by atoms with E-state index in [0.29, 0.717) is 13.0 Å². The highest BCUT2D eigenvalue weighted by Gasteiger charge is 2.10. The molecule has 0 aromatic rings. The molecule has 0 aliphatic heterocycles. The SMILES string of the molecule is C=CCO[C@H](CO)COC(=O)CCCCCCCCCCCCCCCCCCC/C=C/CCCCCCC. The Morgan fingerprint density at radius 3 is 1.49 bits per heavy atom. The second-order valence-electron chi connectivity index (χ2n) is 11.3. The molecule has 0 aliphatic rings. The van der Waals surface area contributed by atoms with Crippen LogP contribution < -0.4 is 0 Å². The lowest BCUT2D eigenvalue weighted by Gasteiger charge is -2.14. The average molecular weight is 551 g/mol. The fraction of sp³-hybridized carbons (Fsp3) is 0.857. The van der Waals surface area contributed by atoms with E-state index in [2.05, 4.69) is 25.7 Å². The van der Waals surface area contributed by atoms with Crippen molar-refractivity contribution >= 4 is 5.97 Å². The lowest BCUT2D eigenvalue weighted by atomic mass is 10.0. The van der Waals surface area contributed by atoms with Crippen LogP contribution >= 0.6 is 0 Å². The van der Waals surface area contributed by atoms with E-state index in [0.717, 1.165) is 12.8 Å². The van der Waals surface area contributed by atoms with Crippen LogP contribution in [0.5, 0.6) is 0 Å². The van der Waals surface area contributed by atoms with Crippen LogP contribution in [0.15, 0.2) is 24.8 Å². The zero-order chi connectivity index (χ0) is 28.5. The van der Waals surface area contributed by atoms with E-state index in [1.54, 1.807) is 6.08 Å². The predicted octanol–water partition coefficient (Wildman–Crippen LogP) is 10.4. The van der Waals surface area contributed by atoms with Gasteiger partial charge < -0.3 is 14.6 Å². The lowest BCUT2D eigenvalue weighted by Crippen LogP contribution is -2.25. The van der Waals surface area contributed by atoms with Crippen molar-refractivity contribution in [3.63, 3.8) is 0 Å². The van der Waals surface area contributed by atoms with Crippen LogP contribution in [0.1, 0.15) is 167 Å². The van der Waals surface area contributed by atoms with Crippen molar-refractivity contribution in [2.24, 2.45) is 0 Å². The lowest BCUT2D eigenvalue weighted by molar-refractivity contribution is -0.148. The van der Waals surface area contributed by atoms with Gasteiger partial charge in [-0.2, -0.15) is 0 Å². The van der Waals surface area contributed by atoms with E-state index in [1.807, 2.05) is 0 Å². The van der Waals surface area contributed by atoms with Gasteiger partial charge in [0.15, 0.2) is 0 Å². The summed E-state index contributed by atoms with van der Waals surface area (Å²) in [6, 6.07) is 0. The molecule has 0 spiro atoms. The van der Waals surface area contributed by atoms with Crippen molar-refractivity contribution in [1.82, 2.24) is 0 Å². The number of aliphatic hydroxyl groups excluding tert-OH is 1. The number of hydrogen-bond donors (Lipinski definition) is 1. The van der Waals surface area contributed by atoms with Gasteiger partial charge in [-0.1, -0.05) is 147 Å². The van der Waals surface area contributed by atoms with Crippen LogP contribution in [0, 0.1) is 0 Å². The summed E-state index contributed by atoms with van der Waals surface area (Å²) in [5.41, 5.74) is 0. The summed E-state index contributed by atoms with van der Waals surface area (Å²) in [7, 11) is 0. The highest BCUT2D eigenvalue weighted by atomic mass is 16.6. The first-order chi connectivity index (χ1) is 19.2. The third-order valence-corrected chi connectivity index (χ3v) is 7.48. The van der Waals surface area contributed by atoms with Gasteiger partial charge in [-0.05, 0) is 32.1 Å². The summed E-state index contributed by atoms with van der Waals surface area (Å²) in [4.78, 5) is 11.8. The smallest absolute Gasteiger partial charge is 0.305 e. The number of hydrogen-bond acceptors (Lipinski definition) is 4. The molecule has 39 heavy (non-hydrogen) atoms. The Balaban J connectivity index is 3.22. The molecule has 0 aromatic carbocycles. The third kappa shape index (κ3) is 31.3. The van der Waals surface area contributed by atoms with Crippen molar-refractivity contribution < 1.29 is 19.4 Å². The highest BCUT2D eigenvalue weighted by Crippen LogP contribution is 2.15. The minimum Gasteiger partial charge on any atom is -0.463 e. The van der Waals surface area contributed by atoms with Crippen LogP contribution in [0.2, 0.25) is 0 Å². The number of carbonyl (C=O) groups excluding carboxylic acids is 1. The summed E-state index contributed by atoms with van der Waals surface area (Å²) in [6.07, 6.45) is 38.6. The first-order valence-corrected chi connectivity index (χ1v) is 16.9. The average Bonchev–Trinajstić information content (AvgIpc) is 2.95. The van der Waals surface area contributed by atoms with Crippen molar-refractivity contribution in [3.8, 4) is 0 Å². The Morgan fingerprint density at radius 2 is 1.08 bits per heavy atom.